The minimum absolute atomic E-state index is 0.0937. The molecule has 1 fully saturated rings. The van der Waals surface area contributed by atoms with Crippen molar-refractivity contribution in [2.24, 2.45) is 0 Å². The van der Waals surface area contributed by atoms with E-state index in [0.29, 0.717) is 24.2 Å². The maximum absolute atomic E-state index is 12.0. The maximum atomic E-state index is 12.0. The highest BCUT2D eigenvalue weighted by Gasteiger charge is 2.20. The lowest BCUT2D eigenvalue weighted by Crippen LogP contribution is -2.32. The van der Waals surface area contributed by atoms with E-state index in [0.717, 1.165) is 18.5 Å². The molecule has 0 atom stereocenters. The van der Waals surface area contributed by atoms with Crippen molar-refractivity contribution in [2.45, 2.75) is 19.4 Å². The second-order valence-corrected chi connectivity index (χ2v) is 6.64. The number of nitrogens with zero attached hydrogens (tertiary/aromatic N) is 1. The Kier molecular flexibility index (Phi) is 5.45. The fourth-order valence-electron chi connectivity index (χ4n) is 2.70. The van der Waals surface area contributed by atoms with Gasteiger partial charge in [-0.05, 0) is 35.6 Å². The van der Waals surface area contributed by atoms with Crippen LogP contribution in [0.25, 0.3) is 0 Å². The molecule has 2 N–H and O–H groups in total. The van der Waals surface area contributed by atoms with Gasteiger partial charge in [0.25, 0.3) is 5.91 Å². The molecule has 6 nitrogen and oxygen atoms in total. The standard InChI is InChI=1S/C18H19N3O3S/c22-16(10-19-18(24)14-6-8-25-12-14)20-15-4-1-3-13(9-15)11-21-7-2-5-17(21)23/h1,3-4,6,8-9,12H,2,5,7,10-11H2,(H,19,24)(H,20,22). The first kappa shape index (κ1) is 17.2. The van der Waals surface area contributed by atoms with Gasteiger partial charge in [-0.2, -0.15) is 11.3 Å². The fourth-order valence-corrected chi connectivity index (χ4v) is 3.34. The van der Waals surface area contributed by atoms with Crippen LogP contribution < -0.4 is 10.6 Å². The lowest BCUT2D eigenvalue weighted by molar-refractivity contribution is -0.128. The van der Waals surface area contributed by atoms with E-state index in [1.54, 1.807) is 17.5 Å². The number of carbonyl (C=O) groups is 3. The third-order valence-electron chi connectivity index (χ3n) is 3.95. The lowest BCUT2D eigenvalue weighted by atomic mass is 10.2. The summed E-state index contributed by atoms with van der Waals surface area (Å²) in [5, 5.41) is 8.90. The van der Waals surface area contributed by atoms with Crippen LogP contribution in [0.2, 0.25) is 0 Å². The highest BCUT2D eigenvalue weighted by Crippen LogP contribution is 2.17. The molecule has 0 saturated carbocycles. The van der Waals surface area contributed by atoms with E-state index in [1.165, 1.54) is 11.3 Å². The number of anilines is 1. The number of rotatable bonds is 6. The van der Waals surface area contributed by atoms with Crippen LogP contribution in [0, 0.1) is 0 Å². The van der Waals surface area contributed by atoms with E-state index in [4.69, 9.17) is 0 Å². The smallest absolute Gasteiger partial charge is 0.252 e. The van der Waals surface area contributed by atoms with Crippen molar-refractivity contribution in [3.63, 3.8) is 0 Å². The molecule has 1 aliphatic rings. The number of thiophene rings is 1. The zero-order valence-electron chi connectivity index (χ0n) is 13.7. The van der Waals surface area contributed by atoms with E-state index < -0.39 is 0 Å². The first-order chi connectivity index (χ1) is 12.1. The van der Waals surface area contributed by atoms with Gasteiger partial charge in [0.15, 0.2) is 0 Å². The van der Waals surface area contributed by atoms with Crippen molar-refractivity contribution in [3.05, 3.63) is 52.2 Å². The Morgan fingerprint density at radius 2 is 2.12 bits per heavy atom. The predicted octanol–water partition coefficient (Wildman–Crippen LogP) is 2.24. The van der Waals surface area contributed by atoms with E-state index in [9.17, 15) is 14.4 Å². The highest BCUT2D eigenvalue weighted by molar-refractivity contribution is 7.08. The maximum Gasteiger partial charge on any atom is 0.252 e. The van der Waals surface area contributed by atoms with Crippen molar-refractivity contribution in [3.8, 4) is 0 Å². The average molecular weight is 357 g/mol. The Hall–Kier alpha value is -2.67. The molecular formula is C18H19N3O3S. The normalized spacial score (nSPS) is 13.8. The van der Waals surface area contributed by atoms with Gasteiger partial charge in [0.05, 0.1) is 6.54 Å². The van der Waals surface area contributed by atoms with Crippen LogP contribution in [0.1, 0.15) is 28.8 Å². The molecule has 1 aromatic carbocycles. The molecule has 0 radical (unpaired) electrons. The minimum atomic E-state index is -0.294. The summed E-state index contributed by atoms with van der Waals surface area (Å²) >= 11 is 1.43. The second-order valence-electron chi connectivity index (χ2n) is 5.86. The summed E-state index contributed by atoms with van der Waals surface area (Å²) in [6.45, 7) is 1.24. The second kappa shape index (κ2) is 7.94. The molecule has 0 bridgehead atoms. The highest BCUT2D eigenvalue weighted by atomic mass is 32.1. The van der Waals surface area contributed by atoms with Crippen LogP contribution in [0.3, 0.4) is 0 Å². The van der Waals surface area contributed by atoms with Gasteiger partial charge in [0, 0.05) is 36.1 Å². The molecule has 130 valence electrons. The van der Waals surface area contributed by atoms with E-state index in [2.05, 4.69) is 10.6 Å². The van der Waals surface area contributed by atoms with Crippen LogP contribution in [0.15, 0.2) is 41.1 Å². The van der Waals surface area contributed by atoms with Crippen LogP contribution in [-0.4, -0.2) is 35.7 Å². The molecule has 3 rings (SSSR count). The third kappa shape index (κ3) is 4.67. The average Bonchev–Trinajstić information content (AvgIpc) is 3.26. The summed E-state index contributed by atoms with van der Waals surface area (Å²) in [5.41, 5.74) is 2.17. The van der Waals surface area contributed by atoms with Gasteiger partial charge in [-0.25, -0.2) is 0 Å². The zero-order chi connectivity index (χ0) is 17.6. The van der Waals surface area contributed by atoms with Crippen LogP contribution in [-0.2, 0) is 16.1 Å². The number of benzene rings is 1. The molecule has 25 heavy (non-hydrogen) atoms. The molecule has 1 aromatic heterocycles. The molecule has 1 saturated heterocycles. The Morgan fingerprint density at radius 3 is 2.84 bits per heavy atom. The molecule has 0 aliphatic carbocycles. The molecule has 3 amide bonds. The summed E-state index contributed by atoms with van der Waals surface area (Å²) in [6, 6.07) is 9.12. The van der Waals surface area contributed by atoms with E-state index >= 15 is 0 Å². The van der Waals surface area contributed by atoms with Gasteiger partial charge < -0.3 is 15.5 Å². The first-order valence-electron chi connectivity index (χ1n) is 8.09. The molecule has 0 spiro atoms. The first-order valence-corrected chi connectivity index (χ1v) is 9.03. The van der Waals surface area contributed by atoms with Crippen molar-refractivity contribution in [1.82, 2.24) is 10.2 Å². The summed E-state index contributed by atoms with van der Waals surface area (Å²) in [4.78, 5) is 37.4. The fraction of sp³-hybridized carbons (Fsp3) is 0.278. The lowest BCUT2D eigenvalue weighted by Gasteiger charge is -2.16. The van der Waals surface area contributed by atoms with Crippen LogP contribution in [0.5, 0.6) is 0 Å². The van der Waals surface area contributed by atoms with Gasteiger partial charge in [0.2, 0.25) is 11.8 Å². The summed E-state index contributed by atoms with van der Waals surface area (Å²) in [5.74, 6) is -0.388. The number of carbonyl (C=O) groups excluding carboxylic acids is 3. The monoisotopic (exact) mass is 357 g/mol. The number of amides is 3. The molecule has 2 aromatic rings. The summed E-state index contributed by atoms with van der Waals surface area (Å²) in [6.07, 6.45) is 1.51. The van der Waals surface area contributed by atoms with Gasteiger partial charge in [-0.3, -0.25) is 14.4 Å². The molecule has 0 unspecified atom stereocenters. The Labute approximate surface area is 149 Å². The molecule has 2 heterocycles. The van der Waals surface area contributed by atoms with Crippen molar-refractivity contribution < 1.29 is 14.4 Å². The van der Waals surface area contributed by atoms with Crippen LogP contribution >= 0.6 is 11.3 Å². The summed E-state index contributed by atoms with van der Waals surface area (Å²) < 4.78 is 0. The Morgan fingerprint density at radius 1 is 1.24 bits per heavy atom. The van der Waals surface area contributed by atoms with Gasteiger partial charge in [-0.1, -0.05) is 12.1 Å². The van der Waals surface area contributed by atoms with Crippen molar-refractivity contribution >= 4 is 34.7 Å². The molecule has 7 heteroatoms. The van der Waals surface area contributed by atoms with Crippen molar-refractivity contribution in [1.29, 1.82) is 0 Å². The zero-order valence-corrected chi connectivity index (χ0v) is 14.5. The van der Waals surface area contributed by atoms with E-state index in [-0.39, 0.29) is 24.3 Å². The number of likely N-dealkylation sites (tertiary alicyclic amines) is 1. The topological polar surface area (TPSA) is 78.5 Å². The number of hydrogen-bond donors (Lipinski definition) is 2. The van der Waals surface area contributed by atoms with E-state index in [1.807, 2.05) is 28.5 Å². The molecular weight excluding hydrogens is 338 g/mol. The largest absolute Gasteiger partial charge is 0.343 e. The number of hydrogen-bond acceptors (Lipinski definition) is 4. The van der Waals surface area contributed by atoms with Crippen molar-refractivity contribution in [2.75, 3.05) is 18.4 Å². The minimum Gasteiger partial charge on any atom is -0.343 e. The summed E-state index contributed by atoms with van der Waals surface area (Å²) in [7, 11) is 0. The Bertz CT molecular complexity index is 774. The Balaban J connectivity index is 1.52. The quantitative estimate of drug-likeness (QED) is 0.832. The third-order valence-corrected chi connectivity index (χ3v) is 4.63. The number of nitrogens with one attached hydrogen (secondary N) is 2. The van der Waals surface area contributed by atoms with Gasteiger partial charge in [-0.15, -0.1) is 0 Å². The molecule has 1 aliphatic heterocycles. The van der Waals surface area contributed by atoms with Gasteiger partial charge in [0.1, 0.15) is 0 Å². The van der Waals surface area contributed by atoms with Crippen LogP contribution in [0.4, 0.5) is 5.69 Å². The predicted molar refractivity (Wildman–Crippen MR) is 96.4 cm³/mol. The SMILES string of the molecule is O=C(CNC(=O)c1ccsc1)Nc1cccc(CN2CCCC2=O)c1. The van der Waals surface area contributed by atoms with Gasteiger partial charge >= 0.3 is 0 Å².